The summed E-state index contributed by atoms with van der Waals surface area (Å²) < 4.78 is 5.59. The molecule has 4 aromatic rings. The number of aliphatic hydroxyl groups excluding tert-OH is 1. The van der Waals surface area contributed by atoms with Crippen molar-refractivity contribution in [2.24, 2.45) is 0 Å². The van der Waals surface area contributed by atoms with Gasteiger partial charge in [0.25, 0.3) is 17.4 Å². The molecule has 220 valence electrons. The Labute approximate surface area is 250 Å². The van der Waals surface area contributed by atoms with Gasteiger partial charge >= 0.3 is 0 Å². The van der Waals surface area contributed by atoms with E-state index >= 15 is 0 Å². The fraction of sp³-hybridized carbons (Fsp3) is 0.300. The fourth-order valence-corrected chi connectivity index (χ4v) is 5.69. The lowest BCUT2D eigenvalue weighted by Crippen LogP contribution is -2.46. The minimum Gasteiger partial charge on any atom is -0.491 e. The number of aromatic nitrogens is 3. The maximum absolute atomic E-state index is 13.3. The summed E-state index contributed by atoms with van der Waals surface area (Å²) in [4.78, 5) is 53.4. The Hall–Kier alpha value is -4.70. The lowest BCUT2D eigenvalue weighted by atomic mass is 10.0. The second-order valence-electron chi connectivity index (χ2n) is 10.7. The van der Waals surface area contributed by atoms with Gasteiger partial charge in [-0.2, -0.15) is 5.26 Å². The molecule has 2 amide bonds. The highest BCUT2D eigenvalue weighted by atomic mass is 35.5. The summed E-state index contributed by atoms with van der Waals surface area (Å²) in [6.07, 6.45) is 1.99. The average molecular weight is 602 g/mol. The number of fused-ring (bicyclic) bond motifs is 2. The minimum atomic E-state index is -0.954. The van der Waals surface area contributed by atoms with Gasteiger partial charge in [0.2, 0.25) is 0 Å². The first-order chi connectivity index (χ1) is 20.7. The SMILES string of the molecule is CN1CCC(N2C(=O)c3cc4nc(-c5c(NC[C@@H](O)COc6ccc(C#N)c(Cl)c6)cc[nH]c5=O)[nH]c4cc3C2=O)CC1. The zero-order valence-corrected chi connectivity index (χ0v) is 23.9. The van der Waals surface area contributed by atoms with E-state index in [0.29, 0.717) is 39.2 Å². The fourth-order valence-electron chi connectivity index (χ4n) is 5.48. The average Bonchev–Trinajstić information content (AvgIpc) is 3.51. The molecule has 13 heteroatoms. The Kier molecular flexibility index (Phi) is 7.62. The number of aliphatic hydroxyl groups is 1. The van der Waals surface area contributed by atoms with Gasteiger partial charge in [0.15, 0.2) is 0 Å². The standard InChI is InChI=1S/C30H28ClN7O5/c1-37-8-5-17(6-9-37)38-29(41)20-11-24-25(12-21(20)30(38)42)36-27(35-24)26-23(4-7-33-28(26)40)34-14-18(39)15-43-19-3-2-16(13-32)22(31)10-19/h2-4,7,10-12,17-18,39H,5-6,8-9,14-15H2,1H3,(H,35,36)(H2,33,34,40)/t18-/m1/s1. The number of carbonyl (C=O) groups excluding carboxylic acids is 2. The van der Waals surface area contributed by atoms with Crippen LogP contribution in [-0.4, -0.2) is 87.1 Å². The molecule has 1 saturated heterocycles. The van der Waals surface area contributed by atoms with Crippen molar-refractivity contribution in [3.8, 4) is 23.2 Å². The number of pyridine rings is 1. The van der Waals surface area contributed by atoms with Crippen LogP contribution in [0, 0.1) is 11.3 Å². The van der Waals surface area contributed by atoms with Gasteiger partial charge in [0, 0.05) is 24.8 Å². The number of nitrogens with zero attached hydrogens (tertiary/aromatic N) is 4. The van der Waals surface area contributed by atoms with Crippen LogP contribution in [0.1, 0.15) is 39.1 Å². The Balaban J connectivity index is 1.19. The number of hydrogen-bond donors (Lipinski definition) is 4. The van der Waals surface area contributed by atoms with Crippen LogP contribution in [0.3, 0.4) is 0 Å². The van der Waals surface area contributed by atoms with Gasteiger partial charge in [-0.25, -0.2) is 4.98 Å². The largest absolute Gasteiger partial charge is 0.491 e. The second-order valence-corrected chi connectivity index (χ2v) is 11.1. The van der Waals surface area contributed by atoms with Crippen molar-refractivity contribution >= 4 is 40.1 Å². The molecule has 1 atom stereocenters. The number of piperidine rings is 1. The van der Waals surface area contributed by atoms with Gasteiger partial charge in [-0.05, 0) is 63.3 Å². The van der Waals surface area contributed by atoms with Crippen LogP contribution < -0.4 is 15.6 Å². The van der Waals surface area contributed by atoms with Crippen molar-refractivity contribution in [2.45, 2.75) is 25.0 Å². The number of ether oxygens (including phenoxy) is 1. The zero-order chi connectivity index (χ0) is 30.2. The van der Waals surface area contributed by atoms with Crippen LogP contribution in [0.2, 0.25) is 5.02 Å². The number of imide groups is 1. The minimum absolute atomic E-state index is 0.0464. The highest BCUT2D eigenvalue weighted by molar-refractivity contribution is 6.31. The first kappa shape index (κ1) is 28.4. The summed E-state index contributed by atoms with van der Waals surface area (Å²) in [5, 5.41) is 22.8. The molecule has 4 N–H and O–H groups in total. The van der Waals surface area contributed by atoms with Crippen LogP contribution in [0.5, 0.6) is 5.75 Å². The van der Waals surface area contributed by atoms with Gasteiger partial charge < -0.3 is 30.0 Å². The van der Waals surface area contributed by atoms with Crippen molar-refractivity contribution in [1.29, 1.82) is 5.26 Å². The van der Waals surface area contributed by atoms with Crippen LogP contribution in [0.4, 0.5) is 5.69 Å². The van der Waals surface area contributed by atoms with E-state index in [1.54, 1.807) is 24.3 Å². The zero-order valence-electron chi connectivity index (χ0n) is 23.2. The molecule has 0 saturated carbocycles. The van der Waals surface area contributed by atoms with Gasteiger partial charge in [-0.1, -0.05) is 11.6 Å². The Morgan fingerprint density at radius 1 is 1.16 bits per heavy atom. The van der Waals surface area contributed by atoms with E-state index < -0.39 is 11.7 Å². The third-order valence-electron chi connectivity index (χ3n) is 7.80. The normalized spacial score (nSPS) is 16.4. The lowest BCUT2D eigenvalue weighted by molar-refractivity contribution is 0.0516. The topological polar surface area (TPSA) is 167 Å². The number of nitrogens with one attached hydrogen (secondary N) is 3. The number of amides is 2. The number of hydrogen-bond acceptors (Lipinski definition) is 9. The highest BCUT2D eigenvalue weighted by Gasteiger charge is 2.41. The third-order valence-corrected chi connectivity index (χ3v) is 8.11. The number of likely N-dealkylation sites (tertiary alicyclic amines) is 1. The molecule has 2 aliphatic heterocycles. The lowest BCUT2D eigenvalue weighted by Gasteiger charge is -2.33. The third kappa shape index (κ3) is 5.46. The number of imidazole rings is 1. The Bertz CT molecular complexity index is 1780. The number of halogens is 1. The van der Waals surface area contributed by atoms with Crippen LogP contribution in [0.25, 0.3) is 22.4 Å². The number of nitriles is 1. The molecule has 0 radical (unpaired) electrons. The van der Waals surface area contributed by atoms with E-state index in [2.05, 4.69) is 25.2 Å². The number of rotatable bonds is 8. The van der Waals surface area contributed by atoms with E-state index in [9.17, 15) is 19.5 Å². The smallest absolute Gasteiger partial charge is 0.261 e. The molecule has 12 nitrogen and oxygen atoms in total. The molecule has 2 aromatic heterocycles. The molecule has 2 aliphatic rings. The number of anilines is 1. The van der Waals surface area contributed by atoms with E-state index in [1.165, 1.54) is 23.2 Å². The predicted molar refractivity (Wildman–Crippen MR) is 159 cm³/mol. The van der Waals surface area contributed by atoms with Crippen molar-refractivity contribution in [3.63, 3.8) is 0 Å². The molecule has 0 unspecified atom stereocenters. The highest BCUT2D eigenvalue weighted by Crippen LogP contribution is 2.32. The molecule has 0 bridgehead atoms. The summed E-state index contributed by atoms with van der Waals surface area (Å²) >= 11 is 6.04. The van der Waals surface area contributed by atoms with Crippen molar-refractivity contribution < 1.29 is 19.4 Å². The van der Waals surface area contributed by atoms with E-state index in [0.717, 1.165) is 25.9 Å². The van der Waals surface area contributed by atoms with Crippen LogP contribution in [0.15, 0.2) is 47.4 Å². The van der Waals surface area contributed by atoms with E-state index in [1.807, 2.05) is 13.1 Å². The summed E-state index contributed by atoms with van der Waals surface area (Å²) in [6.45, 7) is 1.62. The molecule has 43 heavy (non-hydrogen) atoms. The molecule has 6 rings (SSSR count). The van der Waals surface area contributed by atoms with E-state index in [-0.39, 0.29) is 47.4 Å². The molecule has 0 spiro atoms. The van der Waals surface area contributed by atoms with Gasteiger partial charge in [-0.3, -0.25) is 19.3 Å². The van der Waals surface area contributed by atoms with Gasteiger partial charge in [0.1, 0.15) is 35.9 Å². The maximum atomic E-state index is 13.3. The Morgan fingerprint density at radius 2 is 1.91 bits per heavy atom. The number of carbonyl (C=O) groups is 2. The monoisotopic (exact) mass is 601 g/mol. The van der Waals surface area contributed by atoms with Crippen LogP contribution in [-0.2, 0) is 0 Å². The maximum Gasteiger partial charge on any atom is 0.261 e. The molecule has 4 heterocycles. The molecule has 1 fully saturated rings. The van der Waals surface area contributed by atoms with Gasteiger partial charge in [0.05, 0.1) is 38.4 Å². The molecular formula is C30H28ClN7O5. The first-order valence-corrected chi connectivity index (χ1v) is 14.2. The van der Waals surface area contributed by atoms with E-state index in [4.69, 9.17) is 21.6 Å². The molecular weight excluding hydrogens is 574 g/mol. The summed E-state index contributed by atoms with van der Waals surface area (Å²) in [5.41, 5.74) is 2.11. The first-order valence-electron chi connectivity index (χ1n) is 13.8. The summed E-state index contributed by atoms with van der Waals surface area (Å²) in [7, 11) is 2.02. The number of H-pyrrole nitrogens is 2. The Morgan fingerprint density at radius 3 is 2.63 bits per heavy atom. The van der Waals surface area contributed by atoms with Crippen molar-refractivity contribution in [1.82, 2.24) is 24.8 Å². The quantitative estimate of drug-likeness (QED) is 0.222. The number of benzene rings is 2. The predicted octanol–water partition coefficient (Wildman–Crippen LogP) is 2.99. The number of aromatic amines is 2. The summed E-state index contributed by atoms with van der Waals surface area (Å²) in [5.74, 6) is 0.0148. The molecule has 2 aromatic carbocycles. The van der Waals surface area contributed by atoms with Crippen molar-refractivity contribution in [3.05, 3.63) is 74.7 Å². The van der Waals surface area contributed by atoms with Crippen LogP contribution >= 0.6 is 11.6 Å². The second kappa shape index (κ2) is 11.5. The van der Waals surface area contributed by atoms with Gasteiger partial charge in [-0.15, -0.1) is 0 Å². The molecule has 0 aliphatic carbocycles. The van der Waals surface area contributed by atoms with Crippen molar-refractivity contribution in [2.75, 3.05) is 38.6 Å². The summed E-state index contributed by atoms with van der Waals surface area (Å²) in [6, 6.07) is 11.3.